The van der Waals surface area contributed by atoms with Crippen LogP contribution in [0.5, 0.6) is 0 Å². The molecule has 1 heterocycles. The topological polar surface area (TPSA) is 95.7 Å². The third kappa shape index (κ3) is 3.08. The van der Waals surface area contributed by atoms with Crippen LogP contribution in [0.15, 0.2) is 18.2 Å². The van der Waals surface area contributed by atoms with Gasteiger partial charge in [-0.05, 0) is 43.5 Å². The molecule has 1 fully saturated rings. The largest absolute Gasteiger partial charge is 0.478 e. The van der Waals surface area contributed by atoms with Crippen molar-refractivity contribution in [1.82, 2.24) is 4.90 Å². The van der Waals surface area contributed by atoms with Gasteiger partial charge in [0.05, 0.1) is 5.56 Å². The van der Waals surface area contributed by atoms with E-state index in [1.807, 2.05) is 6.92 Å². The second-order valence-electron chi connectivity index (χ2n) is 5.10. The third-order valence-corrected chi connectivity index (χ3v) is 3.63. The first-order valence-electron chi connectivity index (χ1n) is 6.61. The molecule has 6 heteroatoms. The van der Waals surface area contributed by atoms with E-state index in [9.17, 15) is 9.59 Å². The minimum atomic E-state index is -1.01. The second-order valence-corrected chi connectivity index (χ2v) is 5.10. The molecule has 0 spiro atoms. The van der Waals surface area contributed by atoms with Crippen LogP contribution in [0.25, 0.3) is 0 Å². The Balaban J connectivity index is 2.08. The van der Waals surface area contributed by atoms with Crippen molar-refractivity contribution >= 4 is 17.7 Å². The Bertz CT molecular complexity index is 530. The highest BCUT2D eigenvalue weighted by Crippen LogP contribution is 2.20. The van der Waals surface area contributed by atoms with Crippen LogP contribution in [0.2, 0.25) is 0 Å². The molecule has 1 atom stereocenters. The summed E-state index contributed by atoms with van der Waals surface area (Å²) in [4.78, 5) is 24.8. The van der Waals surface area contributed by atoms with Crippen LogP contribution in [0.3, 0.4) is 0 Å². The van der Waals surface area contributed by atoms with E-state index < -0.39 is 5.97 Å². The van der Waals surface area contributed by atoms with Crippen LogP contribution in [0, 0.1) is 12.8 Å². The number of nitrogens with one attached hydrogen (secondary N) is 1. The van der Waals surface area contributed by atoms with Crippen molar-refractivity contribution in [3.05, 3.63) is 29.3 Å². The Morgan fingerprint density at radius 2 is 2.25 bits per heavy atom. The maximum atomic E-state index is 12.1. The molecule has 1 aliphatic heterocycles. The Hall–Kier alpha value is -2.08. The molecule has 1 aromatic carbocycles. The lowest BCUT2D eigenvalue weighted by Gasteiger charge is -2.18. The molecule has 0 aromatic heterocycles. The highest BCUT2D eigenvalue weighted by Gasteiger charge is 2.25. The Kier molecular flexibility index (Phi) is 4.24. The predicted molar refractivity (Wildman–Crippen MR) is 75.9 cm³/mol. The molecule has 0 aliphatic carbocycles. The summed E-state index contributed by atoms with van der Waals surface area (Å²) in [6, 6.07) is 4.48. The summed E-state index contributed by atoms with van der Waals surface area (Å²) < 4.78 is 0. The smallest absolute Gasteiger partial charge is 0.335 e. The summed E-state index contributed by atoms with van der Waals surface area (Å²) in [5.41, 5.74) is 7.13. The predicted octanol–water partition coefficient (Wildman–Crippen LogP) is 1.51. The van der Waals surface area contributed by atoms with Gasteiger partial charge < -0.3 is 21.1 Å². The number of benzene rings is 1. The first-order valence-corrected chi connectivity index (χ1v) is 6.61. The molecule has 2 rings (SSSR count). The molecule has 0 bridgehead atoms. The van der Waals surface area contributed by atoms with Crippen LogP contribution >= 0.6 is 0 Å². The number of nitrogens with two attached hydrogens (primary N) is 1. The van der Waals surface area contributed by atoms with Crippen molar-refractivity contribution in [2.24, 2.45) is 11.7 Å². The van der Waals surface area contributed by atoms with Crippen molar-refractivity contribution in [1.29, 1.82) is 0 Å². The van der Waals surface area contributed by atoms with Crippen LogP contribution in [0.1, 0.15) is 22.3 Å². The number of carbonyl (C=O) groups excluding carboxylic acids is 1. The van der Waals surface area contributed by atoms with Crippen LogP contribution in [-0.4, -0.2) is 41.6 Å². The number of urea groups is 1. The van der Waals surface area contributed by atoms with Crippen molar-refractivity contribution in [2.75, 3.05) is 25.0 Å². The Labute approximate surface area is 117 Å². The highest BCUT2D eigenvalue weighted by molar-refractivity contribution is 5.94. The van der Waals surface area contributed by atoms with Gasteiger partial charge in [-0.1, -0.05) is 6.07 Å². The lowest BCUT2D eigenvalue weighted by Crippen LogP contribution is -2.34. The lowest BCUT2D eigenvalue weighted by atomic mass is 10.1. The molecule has 4 N–H and O–H groups in total. The number of hydrogen-bond acceptors (Lipinski definition) is 3. The zero-order valence-corrected chi connectivity index (χ0v) is 11.4. The second kappa shape index (κ2) is 5.92. The molecule has 6 nitrogen and oxygen atoms in total. The summed E-state index contributed by atoms with van der Waals surface area (Å²) in [5, 5.41) is 11.8. The van der Waals surface area contributed by atoms with Crippen molar-refractivity contribution < 1.29 is 14.7 Å². The van der Waals surface area contributed by atoms with Crippen molar-refractivity contribution in [3.8, 4) is 0 Å². The fourth-order valence-electron chi connectivity index (χ4n) is 2.29. The number of likely N-dealkylation sites (tertiary alicyclic amines) is 1. The molecule has 0 saturated carbocycles. The molecule has 1 saturated heterocycles. The number of amides is 2. The SMILES string of the molecule is Cc1ccc(C(=O)O)cc1NC(=O)N1CCC(CN)C1. The van der Waals surface area contributed by atoms with Gasteiger partial charge in [-0.25, -0.2) is 9.59 Å². The van der Waals surface area contributed by atoms with E-state index in [1.54, 1.807) is 11.0 Å². The Morgan fingerprint density at radius 1 is 1.50 bits per heavy atom. The van der Waals surface area contributed by atoms with E-state index in [0.717, 1.165) is 12.0 Å². The summed E-state index contributed by atoms with van der Waals surface area (Å²) in [5.74, 6) is -0.655. The fraction of sp³-hybridized carbons (Fsp3) is 0.429. The first-order chi connectivity index (χ1) is 9.51. The molecule has 0 radical (unpaired) electrons. The van der Waals surface area contributed by atoms with E-state index in [2.05, 4.69) is 5.32 Å². The van der Waals surface area contributed by atoms with Gasteiger partial charge in [-0.3, -0.25) is 0 Å². The summed E-state index contributed by atoms with van der Waals surface area (Å²) in [6.07, 6.45) is 0.915. The molecular weight excluding hydrogens is 258 g/mol. The van der Waals surface area contributed by atoms with E-state index >= 15 is 0 Å². The minimum absolute atomic E-state index is 0.159. The maximum Gasteiger partial charge on any atom is 0.335 e. The first kappa shape index (κ1) is 14.3. The van der Waals surface area contributed by atoms with Crippen LogP contribution < -0.4 is 11.1 Å². The average molecular weight is 277 g/mol. The number of carboxylic acid groups (broad SMARTS) is 1. The molecule has 1 aliphatic rings. The Morgan fingerprint density at radius 3 is 2.85 bits per heavy atom. The van der Waals surface area contributed by atoms with Gasteiger partial charge in [-0.15, -0.1) is 0 Å². The third-order valence-electron chi connectivity index (χ3n) is 3.63. The number of nitrogens with zero attached hydrogens (tertiary/aromatic N) is 1. The highest BCUT2D eigenvalue weighted by atomic mass is 16.4. The summed E-state index contributed by atoms with van der Waals surface area (Å²) >= 11 is 0. The zero-order valence-electron chi connectivity index (χ0n) is 11.4. The molecule has 20 heavy (non-hydrogen) atoms. The van der Waals surface area contributed by atoms with Crippen LogP contribution in [-0.2, 0) is 0 Å². The van der Waals surface area contributed by atoms with Gasteiger partial charge in [0, 0.05) is 18.8 Å². The number of carbonyl (C=O) groups is 2. The normalized spacial score (nSPS) is 18.1. The van der Waals surface area contributed by atoms with Gasteiger partial charge in [-0.2, -0.15) is 0 Å². The maximum absolute atomic E-state index is 12.1. The molecule has 108 valence electrons. The molecular formula is C14H19N3O3. The molecule has 1 aromatic rings. The van der Waals surface area contributed by atoms with Crippen molar-refractivity contribution in [2.45, 2.75) is 13.3 Å². The van der Waals surface area contributed by atoms with Gasteiger partial charge >= 0.3 is 12.0 Å². The van der Waals surface area contributed by atoms with E-state index in [4.69, 9.17) is 10.8 Å². The lowest BCUT2D eigenvalue weighted by molar-refractivity contribution is 0.0697. The van der Waals surface area contributed by atoms with Gasteiger partial charge in [0.1, 0.15) is 0 Å². The number of aryl methyl sites for hydroxylation is 1. The van der Waals surface area contributed by atoms with Gasteiger partial charge in [0.25, 0.3) is 0 Å². The molecule has 1 unspecified atom stereocenters. The number of carboxylic acids is 1. The number of rotatable bonds is 3. The summed E-state index contributed by atoms with van der Waals surface area (Å²) in [7, 11) is 0. The van der Waals surface area contributed by atoms with Gasteiger partial charge in [0.15, 0.2) is 0 Å². The summed E-state index contributed by atoms with van der Waals surface area (Å²) in [6.45, 7) is 3.75. The number of aromatic carboxylic acids is 1. The van der Waals surface area contributed by atoms with Crippen molar-refractivity contribution in [3.63, 3.8) is 0 Å². The van der Waals surface area contributed by atoms with E-state index in [-0.39, 0.29) is 11.6 Å². The quantitative estimate of drug-likeness (QED) is 0.780. The fourth-order valence-corrected chi connectivity index (χ4v) is 2.29. The zero-order chi connectivity index (χ0) is 14.7. The van der Waals surface area contributed by atoms with E-state index in [0.29, 0.717) is 31.2 Å². The van der Waals surface area contributed by atoms with Crippen LogP contribution in [0.4, 0.5) is 10.5 Å². The monoisotopic (exact) mass is 277 g/mol. The number of anilines is 1. The minimum Gasteiger partial charge on any atom is -0.478 e. The standard InChI is InChI=1S/C14H19N3O3/c1-9-2-3-11(13(18)19)6-12(9)16-14(20)17-5-4-10(7-15)8-17/h2-3,6,10H,4-5,7-8,15H2,1H3,(H,16,20)(H,18,19). The average Bonchev–Trinajstić information content (AvgIpc) is 2.89. The molecule has 2 amide bonds. The van der Waals surface area contributed by atoms with Gasteiger partial charge in [0.2, 0.25) is 0 Å². The number of hydrogen-bond donors (Lipinski definition) is 3. The van der Waals surface area contributed by atoms with E-state index in [1.165, 1.54) is 12.1 Å².